The number of nitrogens with zero attached hydrogens (tertiary/aromatic N) is 3. The van der Waals surface area contributed by atoms with Crippen molar-refractivity contribution in [2.24, 2.45) is 0 Å². The number of carbonyl (C=O) groups excluding carboxylic acids is 2. The molecule has 2 aromatic heterocycles. The lowest BCUT2D eigenvalue weighted by Crippen LogP contribution is -2.16. The van der Waals surface area contributed by atoms with Crippen molar-refractivity contribution in [3.05, 3.63) is 27.5 Å². The number of anilines is 1. The topological polar surface area (TPSA) is 120 Å². The molecule has 3 heterocycles. The largest absolute Gasteiger partial charge is 0.462 e. The molecule has 1 N–H and O–H groups in total. The van der Waals surface area contributed by atoms with E-state index in [1.165, 1.54) is 0 Å². The fraction of sp³-hybridized carbons (Fsp3) is 0.529. The Balaban J connectivity index is 1.82. The molecule has 0 saturated carbocycles. The zero-order valence-corrected chi connectivity index (χ0v) is 17.7. The minimum Gasteiger partial charge on any atom is -0.462 e. The van der Waals surface area contributed by atoms with Gasteiger partial charge in [-0.05, 0) is 34.1 Å². The van der Waals surface area contributed by atoms with Gasteiger partial charge >= 0.3 is 5.97 Å². The van der Waals surface area contributed by atoms with Crippen LogP contribution in [0.3, 0.4) is 0 Å². The van der Waals surface area contributed by atoms with Crippen LogP contribution >= 0.6 is 11.3 Å². The highest BCUT2D eigenvalue weighted by molar-refractivity contribution is 7.91. The highest BCUT2D eigenvalue weighted by Gasteiger charge is 2.32. The molecule has 28 heavy (non-hydrogen) atoms. The predicted molar refractivity (Wildman–Crippen MR) is 105 cm³/mol. The molecule has 1 aliphatic heterocycles. The molecule has 0 radical (unpaired) electrons. The number of rotatable bonds is 5. The molecule has 9 nitrogen and oxygen atoms in total. The molecule has 0 aromatic carbocycles. The average Bonchev–Trinajstić information content (AvgIpc) is 3.23. The summed E-state index contributed by atoms with van der Waals surface area (Å²) in [5, 5.41) is 7.40. The molecule has 0 unspecified atom stereocenters. The maximum Gasteiger partial charge on any atom is 0.350 e. The Morgan fingerprint density at radius 1 is 1.29 bits per heavy atom. The summed E-state index contributed by atoms with van der Waals surface area (Å²) in [5.74, 6) is -0.705. The summed E-state index contributed by atoms with van der Waals surface area (Å²) in [4.78, 5) is 29.3. The number of thiazole rings is 1. The zero-order valence-electron chi connectivity index (χ0n) is 16.1. The van der Waals surface area contributed by atoms with Crippen LogP contribution in [0.25, 0.3) is 0 Å². The van der Waals surface area contributed by atoms with E-state index in [-0.39, 0.29) is 24.2 Å². The second-order valence-corrected chi connectivity index (χ2v) is 9.88. The Morgan fingerprint density at radius 3 is 2.61 bits per heavy atom. The Hall–Kier alpha value is -2.27. The van der Waals surface area contributed by atoms with E-state index < -0.39 is 21.7 Å². The maximum absolute atomic E-state index is 12.8. The third-order valence-corrected chi connectivity index (χ3v) is 7.39. The van der Waals surface area contributed by atoms with Gasteiger partial charge in [-0.15, -0.1) is 0 Å². The Kier molecular flexibility index (Phi) is 5.57. The van der Waals surface area contributed by atoms with Gasteiger partial charge in [-0.3, -0.25) is 14.8 Å². The Morgan fingerprint density at radius 2 is 2.00 bits per heavy atom. The summed E-state index contributed by atoms with van der Waals surface area (Å²) in [7, 11) is -3.06. The molecule has 2 aromatic rings. The van der Waals surface area contributed by atoms with Crippen molar-refractivity contribution in [3.63, 3.8) is 0 Å². The van der Waals surface area contributed by atoms with Crippen LogP contribution in [0.5, 0.6) is 0 Å². The molecule has 11 heteroatoms. The van der Waals surface area contributed by atoms with E-state index in [9.17, 15) is 18.0 Å². The number of ether oxygens (including phenoxy) is 1. The Labute approximate surface area is 167 Å². The zero-order chi connectivity index (χ0) is 20.6. The first-order valence-electron chi connectivity index (χ1n) is 8.85. The van der Waals surface area contributed by atoms with Gasteiger partial charge in [0.05, 0.1) is 41.1 Å². The summed E-state index contributed by atoms with van der Waals surface area (Å²) < 4.78 is 30.1. The van der Waals surface area contributed by atoms with Gasteiger partial charge in [0.15, 0.2) is 15.0 Å². The minimum atomic E-state index is -3.06. The molecule has 0 spiro atoms. The molecular formula is C17H22N4O5S2. The summed E-state index contributed by atoms with van der Waals surface area (Å²) in [5.41, 5.74) is 1.99. The van der Waals surface area contributed by atoms with Crippen molar-refractivity contribution in [3.8, 4) is 0 Å². The van der Waals surface area contributed by atoms with E-state index in [2.05, 4.69) is 15.4 Å². The lowest BCUT2D eigenvalue weighted by molar-refractivity contribution is 0.0531. The lowest BCUT2D eigenvalue weighted by Gasteiger charge is -2.11. The molecule has 1 saturated heterocycles. The summed E-state index contributed by atoms with van der Waals surface area (Å²) in [6.07, 6.45) is 0.486. The molecule has 1 amide bonds. The molecule has 1 fully saturated rings. The fourth-order valence-corrected chi connectivity index (χ4v) is 5.86. The number of sulfone groups is 1. The number of aromatic nitrogens is 3. The van der Waals surface area contributed by atoms with Gasteiger partial charge in [-0.2, -0.15) is 5.10 Å². The van der Waals surface area contributed by atoms with E-state index in [1.54, 1.807) is 32.4 Å². The number of carbonyl (C=O) groups is 2. The van der Waals surface area contributed by atoms with Gasteiger partial charge in [0.2, 0.25) is 0 Å². The van der Waals surface area contributed by atoms with Crippen molar-refractivity contribution in [1.82, 2.24) is 14.8 Å². The van der Waals surface area contributed by atoms with Crippen LogP contribution in [-0.4, -0.2) is 53.2 Å². The van der Waals surface area contributed by atoms with Crippen molar-refractivity contribution in [1.29, 1.82) is 0 Å². The first kappa shape index (κ1) is 20.5. The quantitative estimate of drug-likeness (QED) is 0.727. The van der Waals surface area contributed by atoms with Gasteiger partial charge in [0.1, 0.15) is 4.88 Å². The van der Waals surface area contributed by atoms with Crippen LogP contribution in [0.2, 0.25) is 0 Å². The number of hydrogen-bond donors (Lipinski definition) is 1. The lowest BCUT2D eigenvalue weighted by atomic mass is 10.1. The summed E-state index contributed by atoms with van der Waals surface area (Å²) in [6.45, 7) is 7.10. The van der Waals surface area contributed by atoms with E-state index >= 15 is 0 Å². The third kappa shape index (κ3) is 3.95. The van der Waals surface area contributed by atoms with Crippen LogP contribution in [0, 0.1) is 20.8 Å². The van der Waals surface area contributed by atoms with Crippen LogP contribution < -0.4 is 5.32 Å². The Bertz CT molecular complexity index is 1040. The maximum atomic E-state index is 12.8. The monoisotopic (exact) mass is 426 g/mol. The fourth-order valence-electron chi connectivity index (χ4n) is 3.31. The number of nitrogens with one attached hydrogen (secondary N) is 1. The number of esters is 1. The van der Waals surface area contributed by atoms with E-state index in [0.29, 0.717) is 39.1 Å². The van der Waals surface area contributed by atoms with Crippen LogP contribution in [0.1, 0.15) is 56.5 Å². The van der Waals surface area contributed by atoms with Crippen molar-refractivity contribution in [2.75, 3.05) is 23.4 Å². The second kappa shape index (κ2) is 7.63. The standard InChI is InChI=1S/C17H22N4O5S2/c1-5-26-16(23)14-10(3)18-17(27-14)19-15(22)13-9(2)20-21(11(13)4)12-6-7-28(24,25)8-12/h12H,5-8H2,1-4H3,(H,18,19,22)/t12-/m1/s1. The molecule has 1 aliphatic rings. The number of hydrogen-bond acceptors (Lipinski definition) is 8. The van der Waals surface area contributed by atoms with Gasteiger partial charge in [0, 0.05) is 5.69 Å². The van der Waals surface area contributed by atoms with Gasteiger partial charge < -0.3 is 4.74 Å². The van der Waals surface area contributed by atoms with Gasteiger partial charge in [-0.25, -0.2) is 18.2 Å². The molecule has 1 atom stereocenters. The molecule has 0 bridgehead atoms. The number of aryl methyl sites for hydroxylation is 2. The summed E-state index contributed by atoms with van der Waals surface area (Å²) in [6, 6.07) is -0.261. The average molecular weight is 427 g/mol. The molecular weight excluding hydrogens is 404 g/mol. The highest BCUT2D eigenvalue weighted by Crippen LogP contribution is 2.28. The smallest absolute Gasteiger partial charge is 0.350 e. The van der Waals surface area contributed by atoms with Crippen LogP contribution in [0.4, 0.5) is 5.13 Å². The van der Waals surface area contributed by atoms with Crippen LogP contribution in [0.15, 0.2) is 0 Å². The minimum absolute atomic E-state index is 0.0323. The van der Waals surface area contributed by atoms with E-state index in [4.69, 9.17) is 4.74 Å². The second-order valence-electron chi connectivity index (χ2n) is 6.66. The first-order chi connectivity index (χ1) is 13.1. The molecule has 152 valence electrons. The third-order valence-electron chi connectivity index (χ3n) is 4.58. The molecule has 0 aliphatic carbocycles. The van der Waals surface area contributed by atoms with E-state index in [1.807, 2.05) is 0 Å². The van der Waals surface area contributed by atoms with Crippen LogP contribution in [-0.2, 0) is 14.6 Å². The first-order valence-corrected chi connectivity index (χ1v) is 11.5. The van der Waals surface area contributed by atoms with Crippen molar-refractivity contribution >= 4 is 38.2 Å². The van der Waals surface area contributed by atoms with Gasteiger partial charge in [-0.1, -0.05) is 11.3 Å². The summed E-state index contributed by atoms with van der Waals surface area (Å²) >= 11 is 1.05. The number of amides is 1. The predicted octanol–water partition coefficient (Wildman–Crippen LogP) is 2.05. The highest BCUT2D eigenvalue weighted by atomic mass is 32.2. The SMILES string of the molecule is CCOC(=O)c1sc(NC(=O)c2c(C)nn([C@@H]3CCS(=O)(=O)C3)c2C)nc1C. The van der Waals surface area contributed by atoms with Gasteiger partial charge in [0.25, 0.3) is 5.91 Å². The van der Waals surface area contributed by atoms with Crippen molar-refractivity contribution < 1.29 is 22.7 Å². The van der Waals surface area contributed by atoms with Crippen molar-refractivity contribution in [2.45, 2.75) is 40.2 Å². The van der Waals surface area contributed by atoms with E-state index in [0.717, 1.165) is 11.3 Å². The molecule has 3 rings (SSSR count). The normalized spacial score (nSPS) is 18.2.